The van der Waals surface area contributed by atoms with E-state index in [4.69, 9.17) is 4.74 Å². The lowest BCUT2D eigenvalue weighted by molar-refractivity contribution is -0.195. The first-order valence-electron chi connectivity index (χ1n) is 14.3. The van der Waals surface area contributed by atoms with Gasteiger partial charge in [-0.1, -0.05) is 27.7 Å². The van der Waals surface area contributed by atoms with Crippen LogP contribution in [0.25, 0.3) is 0 Å². The highest BCUT2D eigenvalue weighted by atomic mass is 16.5. The molecule has 0 amide bonds. The van der Waals surface area contributed by atoms with Crippen LogP contribution in [0.5, 0.6) is 0 Å². The van der Waals surface area contributed by atoms with Crippen LogP contribution in [-0.2, 0) is 4.74 Å². The lowest BCUT2D eigenvalue weighted by atomic mass is 9.41. The zero-order chi connectivity index (χ0) is 24.7. The quantitative estimate of drug-likeness (QED) is 0.497. The molecule has 0 radical (unpaired) electrons. The molecule has 0 aromatic rings. The molecule has 11 atom stereocenters. The summed E-state index contributed by atoms with van der Waals surface area (Å²) in [7, 11) is 0. The Kier molecular flexibility index (Phi) is 4.72. The molecular formula is C30H50O4. The van der Waals surface area contributed by atoms with Crippen LogP contribution in [0.4, 0.5) is 0 Å². The smallest absolute Gasteiger partial charge is 0.0865 e. The standard InChI is InChI=1S/C30H50O4/c1-24(2)19-8-9-20-27(6)16-18(31)23(28(7)12-11-22(34-28)25(3,4)33)26(27,5)14-15-30(20)17-29(19,30)13-10-21(24)32/h18-23,31-33H,8-17H2,1-7H3/t18-,19?,20?,21-,22+,23?,26+,27-,28-,29+,30-/m0/s1. The van der Waals surface area contributed by atoms with Crippen molar-refractivity contribution < 1.29 is 20.1 Å². The van der Waals surface area contributed by atoms with Crippen molar-refractivity contribution >= 4 is 0 Å². The molecule has 194 valence electrons. The topological polar surface area (TPSA) is 69.9 Å². The molecule has 6 fully saturated rings. The van der Waals surface area contributed by atoms with Gasteiger partial charge in [-0.15, -0.1) is 0 Å². The number of fused-ring (bicyclic) bond motifs is 2. The maximum absolute atomic E-state index is 11.7. The maximum atomic E-state index is 11.7. The highest BCUT2D eigenvalue weighted by Crippen LogP contribution is 2.89. The molecule has 3 N–H and O–H groups in total. The van der Waals surface area contributed by atoms with Crippen molar-refractivity contribution in [2.75, 3.05) is 0 Å². The van der Waals surface area contributed by atoms with Crippen LogP contribution in [0, 0.1) is 44.8 Å². The van der Waals surface area contributed by atoms with Gasteiger partial charge >= 0.3 is 0 Å². The SMILES string of the molecule is CC(C)(O)[C@H]1CC[C@@](C)(C2[C@@H](O)C[C@@]3(C)C4CCC5C(C)(C)[C@@H](O)CC[C@@]56C[C@@]46CC[C@]23C)O1. The molecule has 6 aliphatic rings. The van der Waals surface area contributed by atoms with E-state index in [1.807, 2.05) is 13.8 Å². The Morgan fingerprint density at radius 1 is 0.765 bits per heavy atom. The van der Waals surface area contributed by atoms with Crippen molar-refractivity contribution in [3.05, 3.63) is 0 Å². The first-order valence-corrected chi connectivity index (χ1v) is 14.3. The number of rotatable bonds is 2. The molecule has 5 saturated carbocycles. The van der Waals surface area contributed by atoms with Crippen molar-refractivity contribution in [3.63, 3.8) is 0 Å². The Labute approximate surface area is 207 Å². The van der Waals surface area contributed by atoms with E-state index in [2.05, 4.69) is 34.6 Å². The molecular weight excluding hydrogens is 424 g/mol. The summed E-state index contributed by atoms with van der Waals surface area (Å²) in [5.41, 5.74) is -0.205. The predicted molar refractivity (Wildman–Crippen MR) is 133 cm³/mol. The number of aliphatic hydroxyl groups is 3. The van der Waals surface area contributed by atoms with E-state index in [0.29, 0.717) is 22.7 Å². The highest BCUT2D eigenvalue weighted by Gasteiger charge is 2.83. The highest BCUT2D eigenvalue weighted by molar-refractivity contribution is 5.31. The fraction of sp³-hybridized carbons (Fsp3) is 1.00. The van der Waals surface area contributed by atoms with Crippen LogP contribution in [-0.4, -0.2) is 44.8 Å². The van der Waals surface area contributed by atoms with Gasteiger partial charge in [0.25, 0.3) is 0 Å². The first kappa shape index (κ1) is 24.2. The molecule has 0 aromatic carbocycles. The van der Waals surface area contributed by atoms with E-state index in [1.54, 1.807) is 0 Å². The Bertz CT molecular complexity index is 878. The van der Waals surface area contributed by atoms with E-state index >= 15 is 0 Å². The van der Waals surface area contributed by atoms with Crippen molar-refractivity contribution in [2.45, 2.75) is 142 Å². The average molecular weight is 475 g/mol. The third-order valence-corrected chi connectivity index (χ3v) is 13.8. The Morgan fingerprint density at radius 3 is 2.06 bits per heavy atom. The monoisotopic (exact) mass is 474 g/mol. The second kappa shape index (κ2) is 6.63. The van der Waals surface area contributed by atoms with E-state index in [9.17, 15) is 15.3 Å². The minimum Gasteiger partial charge on any atom is -0.393 e. The van der Waals surface area contributed by atoms with Gasteiger partial charge in [-0.05, 0) is 124 Å². The average Bonchev–Trinajstić information content (AvgIpc) is 3.11. The second-order valence-corrected chi connectivity index (χ2v) is 15.7. The van der Waals surface area contributed by atoms with Crippen molar-refractivity contribution in [3.8, 4) is 0 Å². The van der Waals surface area contributed by atoms with Crippen molar-refractivity contribution in [1.82, 2.24) is 0 Å². The van der Waals surface area contributed by atoms with E-state index < -0.39 is 5.60 Å². The fourth-order valence-corrected chi connectivity index (χ4v) is 12.1. The molecule has 1 aliphatic heterocycles. The lowest BCUT2D eigenvalue weighted by Gasteiger charge is -2.63. The summed E-state index contributed by atoms with van der Waals surface area (Å²) < 4.78 is 6.68. The van der Waals surface area contributed by atoms with Crippen molar-refractivity contribution in [2.24, 2.45) is 44.8 Å². The summed E-state index contributed by atoms with van der Waals surface area (Å²) in [6.45, 7) is 15.6. The zero-order valence-electron chi connectivity index (χ0n) is 22.8. The third kappa shape index (κ3) is 2.60. The summed E-state index contributed by atoms with van der Waals surface area (Å²) in [5.74, 6) is 1.42. The third-order valence-electron chi connectivity index (χ3n) is 13.8. The Balaban J connectivity index is 1.34. The molecule has 5 aliphatic carbocycles. The van der Waals surface area contributed by atoms with Gasteiger partial charge in [0.1, 0.15) is 0 Å². The van der Waals surface area contributed by atoms with Crippen LogP contribution in [0.1, 0.15) is 113 Å². The summed E-state index contributed by atoms with van der Waals surface area (Å²) in [5, 5.41) is 33.3. The van der Waals surface area contributed by atoms with Gasteiger partial charge in [0, 0.05) is 5.92 Å². The summed E-state index contributed by atoms with van der Waals surface area (Å²) >= 11 is 0. The molecule has 4 nitrogen and oxygen atoms in total. The van der Waals surface area contributed by atoms with E-state index in [-0.39, 0.29) is 46.1 Å². The van der Waals surface area contributed by atoms with Gasteiger partial charge in [0.15, 0.2) is 0 Å². The molecule has 0 bridgehead atoms. The molecule has 0 aromatic heterocycles. The first-order chi connectivity index (χ1) is 15.6. The molecule has 4 heteroatoms. The van der Waals surface area contributed by atoms with Crippen LogP contribution >= 0.6 is 0 Å². The Hall–Kier alpha value is -0.160. The zero-order valence-corrected chi connectivity index (χ0v) is 22.8. The minimum absolute atomic E-state index is 0.0172. The van der Waals surface area contributed by atoms with E-state index in [1.165, 1.54) is 38.5 Å². The molecule has 6 rings (SSSR count). The molecule has 34 heavy (non-hydrogen) atoms. The minimum atomic E-state index is -0.848. The van der Waals surface area contributed by atoms with Gasteiger partial charge in [0.05, 0.1) is 29.5 Å². The number of ether oxygens (including phenoxy) is 1. The predicted octanol–water partition coefficient (Wildman–Crippen LogP) is 5.47. The molecule has 1 saturated heterocycles. The van der Waals surface area contributed by atoms with Crippen LogP contribution in [0.3, 0.4) is 0 Å². The number of aliphatic hydroxyl groups excluding tert-OH is 2. The van der Waals surface area contributed by atoms with Gasteiger partial charge in [-0.2, -0.15) is 0 Å². The number of hydrogen-bond donors (Lipinski definition) is 3. The van der Waals surface area contributed by atoms with Crippen LogP contribution < -0.4 is 0 Å². The number of hydrogen-bond acceptors (Lipinski definition) is 4. The summed E-state index contributed by atoms with van der Waals surface area (Å²) in [6.07, 6.45) is 10.5. The lowest BCUT2D eigenvalue weighted by Crippen LogP contribution is -2.59. The summed E-state index contributed by atoms with van der Waals surface area (Å²) in [4.78, 5) is 0. The van der Waals surface area contributed by atoms with Gasteiger partial charge in [-0.25, -0.2) is 0 Å². The normalized spacial score (nSPS) is 60.2. The van der Waals surface area contributed by atoms with Crippen LogP contribution in [0.2, 0.25) is 0 Å². The van der Waals surface area contributed by atoms with Crippen molar-refractivity contribution in [1.29, 1.82) is 0 Å². The van der Waals surface area contributed by atoms with Gasteiger partial charge < -0.3 is 20.1 Å². The maximum Gasteiger partial charge on any atom is 0.0865 e. The van der Waals surface area contributed by atoms with Crippen LogP contribution in [0.15, 0.2) is 0 Å². The second-order valence-electron chi connectivity index (χ2n) is 15.7. The molecule has 1 heterocycles. The van der Waals surface area contributed by atoms with E-state index in [0.717, 1.165) is 25.7 Å². The van der Waals surface area contributed by atoms with Gasteiger partial charge in [-0.3, -0.25) is 0 Å². The fourth-order valence-electron chi connectivity index (χ4n) is 12.1. The largest absolute Gasteiger partial charge is 0.393 e. The Morgan fingerprint density at radius 2 is 1.41 bits per heavy atom. The molecule has 3 unspecified atom stereocenters. The summed E-state index contributed by atoms with van der Waals surface area (Å²) in [6, 6.07) is 0. The van der Waals surface area contributed by atoms with Gasteiger partial charge in [0.2, 0.25) is 0 Å². The molecule has 2 spiro atoms.